The second-order valence-corrected chi connectivity index (χ2v) is 5.25. The van der Waals surface area contributed by atoms with Crippen LogP contribution >= 0.6 is 34.5 Å². The highest BCUT2D eigenvalue weighted by Crippen LogP contribution is 2.32. The number of halogens is 2. The third-order valence-corrected chi connectivity index (χ3v) is 3.97. The van der Waals surface area contributed by atoms with Crippen molar-refractivity contribution >= 4 is 34.5 Å². The summed E-state index contributed by atoms with van der Waals surface area (Å²) in [4.78, 5) is 4.21. The first kappa shape index (κ1) is 12.5. The van der Waals surface area contributed by atoms with Gasteiger partial charge in [0.05, 0.1) is 27.8 Å². The third-order valence-electron chi connectivity index (χ3n) is 2.52. The Morgan fingerprint density at radius 3 is 2.95 bits per heavy atom. The number of rotatable bonds is 3. The molecule has 2 heterocycles. The Bertz CT molecular complexity index is 695. The zero-order chi connectivity index (χ0) is 13.2. The van der Waals surface area contributed by atoms with Crippen molar-refractivity contribution in [3.05, 3.63) is 44.8 Å². The zero-order valence-corrected chi connectivity index (χ0v) is 11.8. The van der Waals surface area contributed by atoms with E-state index in [4.69, 9.17) is 23.2 Å². The number of benzene rings is 1. The van der Waals surface area contributed by atoms with Crippen LogP contribution in [-0.2, 0) is 6.54 Å². The van der Waals surface area contributed by atoms with E-state index in [1.54, 1.807) is 16.3 Å². The van der Waals surface area contributed by atoms with Gasteiger partial charge in [0.15, 0.2) is 5.82 Å². The number of nitrogens with zero attached hydrogens (tertiary/aromatic N) is 5. The Kier molecular flexibility index (Phi) is 3.46. The molecule has 0 radical (unpaired) electrons. The maximum Gasteiger partial charge on any atom is 0.183 e. The van der Waals surface area contributed by atoms with Crippen molar-refractivity contribution in [3.8, 4) is 11.4 Å². The molecule has 0 aliphatic rings. The lowest BCUT2D eigenvalue weighted by Crippen LogP contribution is -2.04. The molecule has 0 saturated heterocycles. The lowest BCUT2D eigenvalue weighted by atomic mass is 10.2. The van der Waals surface area contributed by atoms with E-state index in [-0.39, 0.29) is 0 Å². The summed E-state index contributed by atoms with van der Waals surface area (Å²) in [7, 11) is 0. The van der Waals surface area contributed by atoms with E-state index in [9.17, 15) is 0 Å². The molecule has 0 spiro atoms. The summed E-state index contributed by atoms with van der Waals surface area (Å²) in [6.45, 7) is 0.495. The van der Waals surface area contributed by atoms with E-state index >= 15 is 0 Å². The number of aromatic nitrogens is 5. The molecular weight excluding hydrogens is 305 g/mol. The summed E-state index contributed by atoms with van der Waals surface area (Å²) in [5.74, 6) is 0.570. The first-order valence-electron chi connectivity index (χ1n) is 5.33. The summed E-state index contributed by atoms with van der Waals surface area (Å²) in [6.07, 6.45) is 0. The van der Waals surface area contributed by atoms with Crippen molar-refractivity contribution in [1.82, 2.24) is 25.2 Å². The monoisotopic (exact) mass is 311 g/mol. The fourth-order valence-electron chi connectivity index (χ4n) is 1.65. The van der Waals surface area contributed by atoms with Crippen LogP contribution in [0.3, 0.4) is 0 Å². The highest BCUT2D eigenvalue weighted by Gasteiger charge is 2.14. The van der Waals surface area contributed by atoms with Crippen LogP contribution in [0.1, 0.15) is 5.69 Å². The molecule has 0 aliphatic heterocycles. The first-order chi connectivity index (χ1) is 9.25. The first-order valence-corrected chi connectivity index (χ1v) is 7.03. The van der Waals surface area contributed by atoms with Crippen molar-refractivity contribution in [3.63, 3.8) is 0 Å². The largest absolute Gasteiger partial charge is 0.248 e. The molecule has 0 bridgehead atoms. The van der Waals surface area contributed by atoms with Gasteiger partial charge in [-0.15, -0.1) is 16.4 Å². The van der Waals surface area contributed by atoms with Crippen molar-refractivity contribution in [2.24, 2.45) is 0 Å². The molecule has 3 aromatic rings. The van der Waals surface area contributed by atoms with Crippen LogP contribution in [0.4, 0.5) is 0 Å². The lowest BCUT2D eigenvalue weighted by molar-refractivity contribution is 0.645. The van der Waals surface area contributed by atoms with Crippen molar-refractivity contribution < 1.29 is 0 Å². The van der Waals surface area contributed by atoms with E-state index < -0.39 is 0 Å². The van der Waals surface area contributed by atoms with Crippen LogP contribution in [0, 0.1) is 0 Å². The predicted molar refractivity (Wildman–Crippen MR) is 74.5 cm³/mol. The summed E-state index contributed by atoms with van der Waals surface area (Å²) >= 11 is 13.7. The van der Waals surface area contributed by atoms with Crippen molar-refractivity contribution in [2.75, 3.05) is 0 Å². The van der Waals surface area contributed by atoms with E-state index in [0.29, 0.717) is 28.0 Å². The fraction of sp³-hybridized carbons (Fsp3) is 0.0909. The average Bonchev–Trinajstić information content (AvgIpc) is 3.05. The molecule has 3 rings (SSSR count). The maximum atomic E-state index is 6.18. The average molecular weight is 312 g/mol. The number of thiazole rings is 1. The minimum Gasteiger partial charge on any atom is -0.248 e. The van der Waals surface area contributed by atoms with Gasteiger partial charge in [-0.25, -0.2) is 9.67 Å². The Morgan fingerprint density at radius 2 is 2.16 bits per heavy atom. The fourth-order valence-corrected chi connectivity index (χ4v) is 2.58. The van der Waals surface area contributed by atoms with Crippen molar-refractivity contribution in [1.29, 1.82) is 0 Å². The zero-order valence-electron chi connectivity index (χ0n) is 9.49. The molecule has 0 aliphatic carbocycles. The Balaban J connectivity index is 2.02. The van der Waals surface area contributed by atoms with Gasteiger partial charge in [-0.1, -0.05) is 29.3 Å². The van der Waals surface area contributed by atoms with Gasteiger partial charge >= 0.3 is 0 Å². The molecule has 1 aromatic carbocycles. The molecule has 2 aromatic heterocycles. The van der Waals surface area contributed by atoms with Crippen LogP contribution in [0.5, 0.6) is 0 Å². The second-order valence-electron chi connectivity index (χ2n) is 3.74. The van der Waals surface area contributed by atoms with Crippen LogP contribution < -0.4 is 0 Å². The summed E-state index contributed by atoms with van der Waals surface area (Å²) in [5, 5.41) is 14.5. The molecule has 0 atom stereocenters. The second kappa shape index (κ2) is 5.24. The molecule has 5 nitrogen and oxygen atoms in total. The maximum absolute atomic E-state index is 6.18. The van der Waals surface area contributed by atoms with Gasteiger partial charge in [-0.3, -0.25) is 0 Å². The number of hydrogen-bond donors (Lipinski definition) is 0. The van der Waals surface area contributed by atoms with Crippen LogP contribution in [0.15, 0.2) is 29.1 Å². The molecule has 96 valence electrons. The van der Waals surface area contributed by atoms with Gasteiger partial charge in [-0.2, -0.15) is 0 Å². The molecule has 0 amide bonds. The molecule has 0 N–H and O–H groups in total. The minimum absolute atomic E-state index is 0.443. The summed E-state index contributed by atoms with van der Waals surface area (Å²) in [5.41, 5.74) is 3.37. The molecule has 19 heavy (non-hydrogen) atoms. The van der Waals surface area contributed by atoms with Gasteiger partial charge < -0.3 is 0 Å². The summed E-state index contributed by atoms with van der Waals surface area (Å²) < 4.78 is 1.65. The minimum atomic E-state index is 0.443. The van der Waals surface area contributed by atoms with Gasteiger partial charge in [0, 0.05) is 10.9 Å². The third kappa shape index (κ3) is 2.47. The molecule has 0 fully saturated rings. The molecule has 0 saturated carbocycles. The predicted octanol–water partition coefficient (Wildman–Crippen LogP) is 3.15. The van der Waals surface area contributed by atoms with Gasteiger partial charge in [0.1, 0.15) is 0 Å². The van der Waals surface area contributed by atoms with Gasteiger partial charge in [-0.05, 0) is 22.6 Å². The van der Waals surface area contributed by atoms with Gasteiger partial charge in [0.25, 0.3) is 0 Å². The van der Waals surface area contributed by atoms with Crippen molar-refractivity contribution in [2.45, 2.75) is 6.54 Å². The summed E-state index contributed by atoms with van der Waals surface area (Å²) in [6, 6.07) is 5.37. The Hall–Kier alpha value is -1.50. The number of tetrazole rings is 1. The molecule has 0 unspecified atom stereocenters. The van der Waals surface area contributed by atoms with Gasteiger partial charge in [0.2, 0.25) is 0 Å². The lowest BCUT2D eigenvalue weighted by Gasteiger charge is -2.05. The van der Waals surface area contributed by atoms with E-state index in [0.717, 1.165) is 5.69 Å². The van der Waals surface area contributed by atoms with Crippen LogP contribution in [-0.4, -0.2) is 25.2 Å². The quantitative estimate of drug-likeness (QED) is 0.745. The standard InChI is InChI=1S/C11H7Cl2N5S/c12-9-3-1-2-8(10(9)13)11-15-16-17-18(11)4-7-5-19-6-14-7/h1-3,5-6H,4H2. The van der Waals surface area contributed by atoms with E-state index in [1.165, 1.54) is 11.3 Å². The highest BCUT2D eigenvalue weighted by atomic mass is 35.5. The van der Waals surface area contributed by atoms with E-state index in [2.05, 4.69) is 20.5 Å². The Labute approximate surface area is 122 Å². The number of hydrogen-bond acceptors (Lipinski definition) is 5. The van der Waals surface area contributed by atoms with Crippen LogP contribution in [0.2, 0.25) is 10.0 Å². The topological polar surface area (TPSA) is 56.5 Å². The normalized spacial score (nSPS) is 10.8. The SMILES string of the molecule is Clc1cccc(-c2nnnn2Cc2cscn2)c1Cl. The Morgan fingerprint density at radius 1 is 1.26 bits per heavy atom. The highest BCUT2D eigenvalue weighted by molar-refractivity contribution is 7.07. The van der Waals surface area contributed by atoms with E-state index in [1.807, 2.05) is 17.5 Å². The van der Waals surface area contributed by atoms with Crippen LogP contribution in [0.25, 0.3) is 11.4 Å². The molecular formula is C11H7Cl2N5S. The molecule has 8 heteroatoms. The smallest absolute Gasteiger partial charge is 0.183 e.